The normalized spacial score (nSPS) is 42.1. The molecule has 0 aromatic heterocycles. The topological polar surface area (TPSA) is 121 Å². The predicted molar refractivity (Wildman–Crippen MR) is 149 cm³/mol. The fraction of sp³-hybridized carbons (Fsp3) is 0.710. The number of hydrogen-bond donors (Lipinski definition) is 3. The lowest BCUT2D eigenvalue weighted by molar-refractivity contribution is -0.197. The standard InChI is InChI=1S/C31H44O7S/c1-19(8-7-13-38-39(35,36)37)23-11-12-24-29-25(17-28(34)31(23,24)3)30(2)18-21(14-20-9-5-4-6-10-20)26(32)15-22(30)16-27(29)33/h4-6,9-10,14,19,22-25,27-29,33-34H,7-8,11-13,15-18H2,1-3H3,(H,35,36,37)/b21-14+/t19-,22-,23-,24+,25+,27-,28+,29+,30+,31-/m1/s1. The van der Waals surface area contributed by atoms with Crippen LogP contribution in [0, 0.1) is 46.3 Å². The molecule has 0 bridgehead atoms. The number of aliphatic hydroxyl groups is 2. The zero-order valence-corrected chi connectivity index (χ0v) is 24.1. The highest BCUT2D eigenvalue weighted by atomic mass is 32.3. The predicted octanol–water partition coefficient (Wildman–Crippen LogP) is 5.09. The monoisotopic (exact) mass is 560 g/mol. The Morgan fingerprint density at radius 3 is 2.51 bits per heavy atom. The summed E-state index contributed by atoms with van der Waals surface area (Å²) in [5.74, 6) is 1.22. The molecule has 0 amide bonds. The zero-order valence-electron chi connectivity index (χ0n) is 23.3. The van der Waals surface area contributed by atoms with Crippen molar-refractivity contribution in [2.75, 3.05) is 6.61 Å². The Labute approximate surface area is 233 Å². The highest BCUT2D eigenvalue weighted by Crippen LogP contribution is 2.68. The van der Waals surface area contributed by atoms with E-state index < -0.39 is 22.6 Å². The lowest BCUT2D eigenvalue weighted by Crippen LogP contribution is -2.62. The zero-order chi connectivity index (χ0) is 28.2. The molecule has 0 saturated heterocycles. The van der Waals surface area contributed by atoms with Crippen molar-refractivity contribution in [1.29, 1.82) is 0 Å². The highest BCUT2D eigenvalue weighted by molar-refractivity contribution is 7.80. The first-order valence-corrected chi connectivity index (χ1v) is 16.0. The molecular weight excluding hydrogens is 516 g/mol. The van der Waals surface area contributed by atoms with E-state index in [1.165, 1.54) is 0 Å². The maximum absolute atomic E-state index is 13.2. The number of aliphatic hydroxyl groups excluding tert-OH is 2. The van der Waals surface area contributed by atoms with Crippen LogP contribution in [-0.4, -0.2) is 47.8 Å². The van der Waals surface area contributed by atoms with Crippen LogP contribution in [0.2, 0.25) is 0 Å². The van der Waals surface area contributed by atoms with Crippen molar-refractivity contribution in [3.63, 3.8) is 0 Å². The quantitative estimate of drug-likeness (QED) is 0.241. The van der Waals surface area contributed by atoms with Crippen LogP contribution in [0.25, 0.3) is 6.08 Å². The number of rotatable bonds is 7. The van der Waals surface area contributed by atoms with Gasteiger partial charge < -0.3 is 10.2 Å². The Balaban J connectivity index is 1.37. The Morgan fingerprint density at radius 2 is 1.82 bits per heavy atom. The van der Waals surface area contributed by atoms with Gasteiger partial charge in [0.15, 0.2) is 5.78 Å². The fourth-order valence-corrected chi connectivity index (χ4v) is 9.89. The molecule has 0 spiro atoms. The number of hydrogen-bond acceptors (Lipinski definition) is 6. The van der Waals surface area contributed by atoms with E-state index in [1.54, 1.807) is 0 Å². The summed E-state index contributed by atoms with van der Waals surface area (Å²) in [6.07, 6.45) is 6.62. The van der Waals surface area contributed by atoms with Crippen LogP contribution in [0.4, 0.5) is 0 Å². The SMILES string of the molecule is C[C@H](CCCOS(=O)(=O)O)[C@H]1CC[C@H]2[C@@H]3[C@H](O)C[C@H]4CC(=O)/C(=C/c5ccccc5)C[C@]4(C)[C@H]3C[C@H](O)[C@]12C. The number of Topliss-reactive ketones (excluding diaryl/α,β-unsaturated/α-hetero) is 1. The molecule has 5 rings (SSSR count). The van der Waals surface area contributed by atoms with E-state index in [4.69, 9.17) is 4.55 Å². The molecule has 1 aromatic carbocycles. The second kappa shape index (κ2) is 10.7. The van der Waals surface area contributed by atoms with E-state index in [1.807, 2.05) is 36.4 Å². The van der Waals surface area contributed by atoms with Gasteiger partial charge >= 0.3 is 10.4 Å². The minimum Gasteiger partial charge on any atom is -0.393 e. The van der Waals surface area contributed by atoms with Gasteiger partial charge in [0.1, 0.15) is 0 Å². The van der Waals surface area contributed by atoms with Crippen molar-refractivity contribution in [2.45, 2.75) is 84.3 Å². The first-order valence-electron chi connectivity index (χ1n) is 14.6. The van der Waals surface area contributed by atoms with E-state index in [0.29, 0.717) is 32.1 Å². The van der Waals surface area contributed by atoms with Crippen molar-refractivity contribution in [1.82, 2.24) is 0 Å². The van der Waals surface area contributed by atoms with Crippen LogP contribution in [-0.2, 0) is 19.4 Å². The summed E-state index contributed by atoms with van der Waals surface area (Å²) >= 11 is 0. The van der Waals surface area contributed by atoms with Gasteiger partial charge in [-0.25, -0.2) is 4.18 Å². The van der Waals surface area contributed by atoms with Crippen molar-refractivity contribution in [2.24, 2.45) is 46.3 Å². The summed E-state index contributed by atoms with van der Waals surface area (Å²) < 4.78 is 35.1. The number of ketones is 1. The third kappa shape index (κ3) is 5.28. The first-order chi connectivity index (χ1) is 18.3. The molecule has 216 valence electrons. The molecule has 8 heteroatoms. The van der Waals surface area contributed by atoms with Crippen LogP contribution in [0.15, 0.2) is 35.9 Å². The van der Waals surface area contributed by atoms with E-state index in [9.17, 15) is 23.4 Å². The molecule has 0 heterocycles. The average molecular weight is 561 g/mol. The van der Waals surface area contributed by atoms with Crippen molar-refractivity contribution < 1.29 is 32.2 Å². The van der Waals surface area contributed by atoms with Gasteiger partial charge in [-0.2, -0.15) is 8.42 Å². The maximum atomic E-state index is 13.2. The fourth-order valence-electron chi connectivity index (χ4n) is 9.56. The van der Waals surface area contributed by atoms with Gasteiger partial charge in [-0.15, -0.1) is 0 Å². The Morgan fingerprint density at radius 1 is 1.10 bits per heavy atom. The molecule has 10 atom stereocenters. The number of carbonyl (C=O) groups is 1. The Kier molecular flexibility index (Phi) is 7.92. The van der Waals surface area contributed by atoms with Gasteiger partial charge in [0.05, 0.1) is 18.8 Å². The molecule has 0 unspecified atom stereocenters. The highest BCUT2D eigenvalue weighted by Gasteiger charge is 2.66. The third-order valence-electron chi connectivity index (χ3n) is 11.5. The molecule has 4 saturated carbocycles. The van der Waals surface area contributed by atoms with Crippen LogP contribution in [0.3, 0.4) is 0 Å². The summed E-state index contributed by atoms with van der Waals surface area (Å²) in [6, 6.07) is 9.97. The minimum atomic E-state index is -4.43. The second-order valence-corrected chi connectivity index (χ2v) is 14.4. The molecule has 1 aromatic rings. The number of allylic oxidation sites excluding steroid dienone is 1. The van der Waals surface area contributed by atoms with Crippen molar-refractivity contribution in [3.8, 4) is 0 Å². The molecular formula is C31H44O7S. The van der Waals surface area contributed by atoms with Crippen LogP contribution < -0.4 is 0 Å². The van der Waals surface area contributed by atoms with E-state index in [0.717, 1.165) is 30.4 Å². The Bertz CT molecular complexity index is 1200. The number of benzene rings is 1. The van der Waals surface area contributed by atoms with Crippen LogP contribution in [0.5, 0.6) is 0 Å². The molecule has 39 heavy (non-hydrogen) atoms. The third-order valence-corrected chi connectivity index (χ3v) is 12.0. The molecule has 4 aliphatic rings. The smallest absolute Gasteiger partial charge is 0.393 e. The van der Waals surface area contributed by atoms with Gasteiger partial charge in [0.2, 0.25) is 0 Å². The summed E-state index contributed by atoms with van der Waals surface area (Å²) in [4.78, 5) is 13.2. The molecule has 3 N–H and O–H groups in total. The number of fused-ring (bicyclic) bond motifs is 5. The van der Waals surface area contributed by atoms with Gasteiger partial charge in [-0.3, -0.25) is 9.35 Å². The minimum absolute atomic E-state index is 0.0563. The summed E-state index contributed by atoms with van der Waals surface area (Å²) in [7, 11) is -4.43. The average Bonchev–Trinajstić information content (AvgIpc) is 3.23. The van der Waals surface area contributed by atoms with Gasteiger partial charge in [0.25, 0.3) is 0 Å². The maximum Gasteiger partial charge on any atom is 0.397 e. The molecule has 4 fully saturated rings. The van der Waals surface area contributed by atoms with Gasteiger partial charge in [-0.1, -0.05) is 51.1 Å². The second-order valence-electron chi connectivity index (χ2n) is 13.4. The first kappa shape index (κ1) is 28.9. The molecule has 7 nitrogen and oxygen atoms in total. The van der Waals surface area contributed by atoms with Gasteiger partial charge in [0, 0.05) is 6.42 Å². The summed E-state index contributed by atoms with van der Waals surface area (Å²) in [6.45, 7) is 6.60. The largest absolute Gasteiger partial charge is 0.397 e. The van der Waals surface area contributed by atoms with Crippen LogP contribution >= 0.6 is 0 Å². The summed E-state index contributed by atoms with van der Waals surface area (Å²) in [5.41, 5.74) is 1.41. The molecule has 4 aliphatic carbocycles. The molecule has 0 aliphatic heterocycles. The van der Waals surface area contributed by atoms with Crippen LogP contribution in [0.1, 0.15) is 77.7 Å². The lowest BCUT2D eigenvalue weighted by Gasteiger charge is -2.63. The van der Waals surface area contributed by atoms with Gasteiger partial charge in [-0.05, 0) is 108 Å². The Hall–Kier alpha value is -1.58. The van der Waals surface area contributed by atoms with E-state index in [2.05, 4.69) is 25.0 Å². The van der Waals surface area contributed by atoms with E-state index >= 15 is 0 Å². The summed E-state index contributed by atoms with van der Waals surface area (Å²) in [5, 5.41) is 23.4. The number of carbonyl (C=O) groups excluding carboxylic acids is 1. The molecule has 0 radical (unpaired) electrons. The van der Waals surface area contributed by atoms with E-state index in [-0.39, 0.29) is 58.7 Å². The lowest BCUT2D eigenvalue weighted by atomic mass is 9.42. The van der Waals surface area contributed by atoms with Crippen molar-refractivity contribution >= 4 is 22.3 Å². The van der Waals surface area contributed by atoms with Crippen molar-refractivity contribution in [3.05, 3.63) is 41.5 Å².